The minimum Gasteiger partial charge on any atom is -0.390 e. The van der Waals surface area contributed by atoms with E-state index in [-0.39, 0.29) is 0 Å². The number of carbonyl (C=O) groups is 1. The average Bonchev–Trinajstić information content (AvgIpc) is 1.84. The summed E-state index contributed by atoms with van der Waals surface area (Å²) in [5.41, 5.74) is -0.629. The molecule has 10 heavy (non-hydrogen) atoms. The standard InChI is InChI=1S/C8H16O2/c1-3-5-8(2,10)6-4-7-9/h7,10H,3-6H2,1-2H3. The molecular formula is C8H16O2. The Morgan fingerprint density at radius 3 is 2.50 bits per heavy atom. The van der Waals surface area contributed by atoms with Crippen molar-refractivity contribution in [3.05, 3.63) is 0 Å². The SMILES string of the molecule is CCCC(C)(O)CCC=O. The molecule has 2 heteroatoms. The Morgan fingerprint density at radius 2 is 2.10 bits per heavy atom. The Labute approximate surface area is 62.2 Å². The fourth-order valence-electron chi connectivity index (χ4n) is 1.03. The second kappa shape index (κ2) is 4.45. The molecule has 0 rings (SSSR count). The molecular weight excluding hydrogens is 128 g/mol. The van der Waals surface area contributed by atoms with E-state index in [1.54, 1.807) is 6.92 Å². The van der Waals surface area contributed by atoms with Crippen molar-refractivity contribution < 1.29 is 9.90 Å². The van der Waals surface area contributed by atoms with Crippen LogP contribution in [0.25, 0.3) is 0 Å². The summed E-state index contributed by atoms with van der Waals surface area (Å²) in [7, 11) is 0. The van der Waals surface area contributed by atoms with Crippen molar-refractivity contribution in [1.29, 1.82) is 0 Å². The fourth-order valence-corrected chi connectivity index (χ4v) is 1.03. The molecule has 0 amide bonds. The van der Waals surface area contributed by atoms with Gasteiger partial charge in [-0.05, 0) is 19.8 Å². The first kappa shape index (κ1) is 9.63. The van der Waals surface area contributed by atoms with Crippen LogP contribution in [-0.2, 0) is 4.79 Å². The maximum Gasteiger partial charge on any atom is 0.120 e. The lowest BCUT2D eigenvalue weighted by atomic mass is 9.95. The van der Waals surface area contributed by atoms with Crippen molar-refractivity contribution in [3.63, 3.8) is 0 Å². The molecule has 0 radical (unpaired) electrons. The van der Waals surface area contributed by atoms with E-state index in [1.165, 1.54) is 0 Å². The lowest BCUT2D eigenvalue weighted by Gasteiger charge is -2.20. The number of rotatable bonds is 5. The smallest absolute Gasteiger partial charge is 0.120 e. The predicted molar refractivity (Wildman–Crippen MR) is 40.8 cm³/mol. The van der Waals surface area contributed by atoms with E-state index in [1.807, 2.05) is 6.92 Å². The summed E-state index contributed by atoms with van der Waals surface area (Å²) in [5.74, 6) is 0. The lowest BCUT2D eigenvalue weighted by molar-refractivity contribution is -0.109. The van der Waals surface area contributed by atoms with Crippen LogP contribution in [0.15, 0.2) is 0 Å². The van der Waals surface area contributed by atoms with Crippen LogP contribution in [0.1, 0.15) is 39.5 Å². The normalized spacial score (nSPS) is 16.3. The van der Waals surface area contributed by atoms with Gasteiger partial charge >= 0.3 is 0 Å². The van der Waals surface area contributed by atoms with Crippen molar-refractivity contribution in [3.8, 4) is 0 Å². The quantitative estimate of drug-likeness (QED) is 0.594. The summed E-state index contributed by atoms with van der Waals surface area (Å²) >= 11 is 0. The van der Waals surface area contributed by atoms with Gasteiger partial charge in [-0.1, -0.05) is 13.3 Å². The van der Waals surface area contributed by atoms with Gasteiger partial charge in [0.2, 0.25) is 0 Å². The molecule has 2 nitrogen and oxygen atoms in total. The first-order valence-electron chi connectivity index (χ1n) is 3.78. The third kappa shape index (κ3) is 4.50. The van der Waals surface area contributed by atoms with Crippen molar-refractivity contribution in [2.45, 2.75) is 45.1 Å². The Bertz CT molecular complexity index is 97.4. The molecule has 0 aliphatic heterocycles. The van der Waals surface area contributed by atoms with Crippen LogP contribution >= 0.6 is 0 Å². The van der Waals surface area contributed by atoms with Crippen molar-refractivity contribution in [1.82, 2.24) is 0 Å². The maximum absolute atomic E-state index is 9.94. The van der Waals surface area contributed by atoms with E-state index in [2.05, 4.69) is 0 Å². The van der Waals surface area contributed by atoms with Gasteiger partial charge in [0, 0.05) is 6.42 Å². The molecule has 0 aliphatic rings. The predicted octanol–water partition coefficient (Wildman–Crippen LogP) is 1.52. The summed E-state index contributed by atoms with van der Waals surface area (Å²) in [4.78, 5) is 9.94. The Morgan fingerprint density at radius 1 is 1.50 bits per heavy atom. The number of aldehydes is 1. The fraction of sp³-hybridized carbons (Fsp3) is 0.875. The number of carbonyl (C=O) groups excluding carboxylic acids is 1. The zero-order valence-corrected chi connectivity index (χ0v) is 6.76. The number of aliphatic hydroxyl groups is 1. The number of hydrogen-bond acceptors (Lipinski definition) is 2. The summed E-state index contributed by atoms with van der Waals surface area (Å²) < 4.78 is 0. The molecule has 0 aliphatic carbocycles. The highest BCUT2D eigenvalue weighted by Crippen LogP contribution is 2.17. The van der Waals surface area contributed by atoms with Gasteiger partial charge in [-0.2, -0.15) is 0 Å². The van der Waals surface area contributed by atoms with Crippen molar-refractivity contribution in [2.75, 3.05) is 0 Å². The molecule has 0 bridgehead atoms. The lowest BCUT2D eigenvalue weighted by Crippen LogP contribution is -2.23. The molecule has 60 valence electrons. The van der Waals surface area contributed by atoms with E-state index in [0.717, 1.165) is 19.1 Å². The van der Waals surface area contributed by atoms with Gasteiger partial charge in [-0.25, -0.2) is 0 Å². The molecule has 0 fully saturated rings. The van der Waals surface area contributed by atoms with Crippen LogP contribution < -0.4 is 0 Å². The van der Waals surface area contributed by atoms with Gasteiger partial charge in [-0.15, -0.1) is 0 Å². The van der Waals surface area contributed by atoms with Crippen molar-refractivity contribution in [2.24, 2.45) is 0 Å². The molecule has 0 spiro atoms. The molecule has 0 heterocycles. The van der Waals surface area contributed by atoms with E-state index < -0.39 is 5.60 Å². The van der Waals surface area contributed by atoms with E-state index in [9.17, 15) is 9.90 Å². The van der Waals surface area contributed by atoms with Crippen LogP contribution in [-0.4, -0.2) is 17.0 Å². The van der Waals surface area contributed by atoms with Gasteiger partial charge in [0.15, 0.2) is 0 Å². The largest absolute Gasteiger partial charge is 0.390 e. The summed E-state index contributed by atoms with van der Waals surface area (Å²) in [6.07, 6.45) is 3.65. The molecule has 1 atom stereocenters. The zero-order chi connectivity index (χ0) is 8.04. The molecule has 0 aromatic rings. The maximum atomic E-state index is 9.94. The average molecular weight is 144 g/mol. The van der Waals surface area contributed by atoms with Gasteiger partial charge in [0.25, 0.3) is 0 Å². The van der Waals surface area contributed by atoms with Crippen LogP contribution in [0.2, 0.25) is 0 Å². The Balaban J connectivity index is 3.51. The molecule has 0 saturated carbocycles. The van der Waals surface area contributed by atoms with Gasteiger partial charge in [0.1, 0.15) is 6.29 Å². The molecule has 1 N–H and O–H groups in total. The molecule has 0 aromatic carbocycles. The molecule has 1 unspecified atom stereocenters. The van der Waals surface area contributed by atoms with Crippen molar-refractivity contribution >= 4 is 6.29 Å². The Kier molecular flexibility index (Phi) is 4.28. The number of hydrogen-bond donors (Lipinski definition) is 1. The van der Waals surface area contributed by atoms with Crippen LogP contribution in [0.5, 0.6) is 0 Å². The summed E-state index contributed by atoms with van der Waals surface area (Å²) in [5, 5.41) is 9.49. The minimum atomic E-state index is -0.629. The van der Waals surface area contributed by atoms with Gasteiger partial charge in [0.05, 0.1) is 5.60 Å². The molecule has 0 aromatic heterocycles. The van der Waals surface area contributed by atoms with Crippen LogP contribution in [0, 0.1) is 0 Å². The third-order valence-electron chi connectivity index (χ3n) is 1.59. The highest BCUT2D eigenvalue weighted by molar-refractivity contribution is 5.49. The highest BCUT2D eigenvalue weighted by Gasteiger charge is 2.17. The van der Waals surface area contributed by atoms with Crippen LogP contribution in [0.3, 0.4) is 0 Å². The van der Waals surface area contributed by atoms with E-state index >= 15 is 0 Å². The topological polar surface area (TPSA) is 37.3 Å². The monoisotopic (exact) mass is 144 g/mol. The summed E-state index contributed by atoms with van der Waals surface area (Å²) in [6.45, 7) is 3.80. The first-order valence-corrected chi connectivity index (χ1v) is 3.78. The van der Waals surface area contributed by atoms with Gasteiger partial charge in [-0.3, -0.25) is 0 Å². The first-order chi connectivity index (χ1) is 4.62. The second-order valence-corrected chi connectivity index (χ2v) is 2.95. The highest BCUT2D eigenvalue weighted by atomic mass is 16.3. The van der Waals surface area contributed by atoms with E-state index in [0.29, 0.717) is 12.8 Å². The van der Waals surface area contributed by atoms with Crippen LogP contribution in [0.4, 0.5) is 0 Å². The molecule has 0 saturated heterocycles. The van der Waals surface area contributed by atoms with E-state index in [4.69, 9.17) is 0 Å². The summed E-state index contributed by atoms with van der Waals surface area (Å²) in [6, 6.07) is 0. The zero-order valence-electron chi connectivity index (χ0n) is 6.76. The van der Waals surface area contributed by atoms with Gasteiger partial charge < -0.3 is 9.90 Å². The minimum absolute atomic E-state index is 0.465. The second-order valence-electron chi connectivity index (χ2n) is 2.95. The Hall–Kier alpha value is -0.370. The third-order valence-corrected chi connectivity index (χ3v) is 1.59.